The first-order valence-corrected chi connectivity index (χ1v) is 54.0. The lowest BCUT2D eigenvalue weighted by atomic mass is 9.93. The van der Waals surface area contributed by atoms with Crippen molar-refractivity contribution in [1.29, 1.82) is 0 Å². The van der Waals surface area contributed by atoms with Crippen molar-refractivity contribution in [3.05, 3.63) is 0 Å². The van der Waals surface area contributed by atoms with E-state index in [-0.39, 0.29) is 109 Å². The molecule has 0 saturated heterocycles. The van der Waals surface area contributed by atoms with Crippen LogP contribution < -0.4 is 27.4 Å². The maximum atomic E-state index is 10.9. The highest BCUT2D eigenvalue weighted by atomic mass is 16.3. The van der Waals surface area contributed by atoms with Crippen molar-refractivity contribution < 1.29 is 60.3 Å². The molecule has 0 aromatic heterocycles. The van der Waals surface area contributed by atoms with Crippen molar-refractivity contribution >= 4 is 17.3 Å². The minimum atomic E-state index is -0.352. The van der Waals surface area contributed by atoms with Gasteiger partial charge in [0.25, 0.3) is 0 Å². The second-order valence-corrected chi connectivity index (χ2v) is 44.1. The van der Waals surface area contributed by atoms with Gasteiger partial charge in [-0.2, -0.15) is 0 Å². The van der Waals surface area contributed by atoms with Crippen LogP contribution in [0.3, 0.4) is 0 Å². The molecule has 19 nitrogen and oxygen atoms in total. The largest absolute Gasteiger partial charge is 0.393 e. The summed E-state index contributed by atoms with van der Waals surface area (Å²) in [5, 5.41) is 93.3. The molecule has 13 unspecified atom stereocenters. The Hall–Kier alpha value is -1.63. The summed E-state index contributed by atoms with van der Waals surface area (Å²) in [7, 11) is 9.59. The Kier molecular flexibility index (Phi) is 140. The van der Waals surface area contributed by atoms with Crippen LogP contribution in [-0.4, -0.2) is 219 Å². The Balaban J connectivity index is -0.0000000857. The molecule has 0 aliphatic rings. The molecule has 816 valence electrons. The maximum Gasteiger partial charge on any atom is 0.149 e. The molecule has 0 radical (unpaired) electrons. The predicted octanol–water partition coefficient (Wildman–Crippen LogP) is 25.4. The number of nitrogens with two attached hydrogens (primary N) is 2. The van der Waals surface area contributed by atoms with E-state index in [9.17, 15) is 45.0 Å². The van der Waals surface area contributed by atoms with Crippen LogP contribution >= 0.6 is 0 Å². The first kappa shape index (κ1) is 164. The third-order valence-electron chi connectivity index (χ3n) is 22.1. The van der Waals surface area contributed by atoms with Gasteiger partial charge in [0.15, 0.2) is 0 Å². The van der Waals surface area contributed by atoms with Crippen molar-refractivity contribution in [2.45, 2.75) is 565 Å². The van der Waals surface area contributed by atoms with E-state index in [0.717, 1.165) is 101 Å². The number of aliphatic hydroxyl groups is 9. The van der Waals surface area contributed by atoms with Crippen LogP contribution in [0.4, 0.5) is 0 Å². The van der Waals surface area contributed by atoms with Gasteiger partial charge in [-0.1, -0.05) is 388 Å². The molecule has 132 heavy (non-hydrogen) atoms. The molecule has 0 bridgehead atoms. The van der Waals surface area contributed by atoms with Crippen LogP contribution in [0.2, 0.25) is 0 Å². The SMILES string of the molecule is CC(=O)[C@@H](N)CC(C)C.CC(C)C(=O)CN(C)C.CC(C)C(O)CN(C)C.CC(C)C(O)[C@H](C)N.CC(C)CCC(O)C(C)C.CCC(NC(C)C)C(O)C(C)C.CCC(O)C(C)C.CCCC(=O)C(C)C.CCCC(C)C.CCCC(O)C(C)C.CCCCC(C)C.CCCCC(C)C(C)C.CCCCCCC(O)C(C)C.CCNC(C)C(O)C(C)C.CNC(C)C(O)C(C)C. The number of ketones is 3. The Labute approximate surface area is 830 Å². The highest BCUT2D eigenvalue weighted by Gasteiger charge is 2.22. The van der Waals surface area contributed by atoms with Gasteiger partial charge in [0.05, 0.1) is 67.5 Å². The van der Waals surface area contributed by atoms with Crippen molar-refractivity contribution in [2.24, 2.45) is 112 Å². The number of carbonyl (C=O) groups is 3. The van der Waals surface area contributed by atoms with Crippen molar-refractivity contribution in [3.63, 3.8) is 0 Å². The lowest BCUT2D eigenvalue weighted by molar-refractivity contribution is -0.123. The molecule has 0 aliphatic heterocycles. The number of nitrogens with one attached hydrogen (secondary N) is 3. The summed E-state index contributed by atoms with van der Waals surface area (Å²) in [5.74, 6) is 9.35. The lowest BCUT2D eigenvalue weighted by Gasteiger charge is -2.27. The van der Waals surface area contributed by atoms with Crippen LogP contribution in [0.1, 0.15) is 474 Å². The summed E-state index contributed by atoms with van der Waals surface area (Å²) in [4.78, 5) is 36.1. The van der Waals surface area contributed by atoms with E-state index in [1.54, 1.807) is 0 Å². The number of hydrogen-bond acceptors (Lipinski definition) is 19. The van der Waals surface area contributed by atoms with E-state index in [0.29, 0.717) is 83.3 Å². The van der Waals surface area contributed by atoms with Gasteiger partial charge in [0, 0.05) is 55.0 Å². The molecule has 0 heterocycles. The molecule has 0 rings (SSSR count). The van der Waals surface area contributed by atoms with E-state index >= 15 is 0 Å². The smallest absolute Gasteiger partial charge is 0.149 e. The van der Waals surface area contributed by atoms with Crippen molar-refractivity contribution in [3.8, 4) is 0 Å². The van der Waals surface area contributed by atoms with E-state index < -0.39 is 0 Å². The molecule has 0 aromatic carbocycles. The highest BCUT2D eigenvalue weighted by Crippen LogP contribution is 2.18. The topological polar surface area (TPSA) is 328 Å². The monoisotopic (exact) mass is 1900 g/mol. The molecule has 19 heteroatoms. The third kappa shape index (κ3) is 146. The third-order valence-corrected chi connectivity index (χ3v) is 22.1. The molecule has 0 aliphatic carbocycles. The summed E-state index contributed by atoms with van der Waals surface area (Å²) >= 11 is 0. The number of Topliss-reactive ketones (excluding diaryl/α,β-unsaturated/α-hetero) is 3. The van der Waals surface area contributed by atoms with Gasteiger partial charge in [-0.25, -0.2) is 0 Å². The van der Waals surface area contributed by atoms with Crippen LogP contribution in [0.5, 0.6) is 0 Å². The Morgan fingerprint density at radius 1 is 0.326 bits per heavy atom. The molecule has 0 fully saturated rings. The fraction of sp³-hybridized carbons (Fsp3) is 0.973. The van der Waals surface area contributed by atoms with Crippen molar-refractivity contribution in [2.75, 3.05) is 54.9 Å². The summed E-state index contributed by atoms with van der Waals surface area (Å²) in [6.07, 6.45) is 24.0. The number of rotatable bonds is 50. The normalized spacial score (nSPS) is 14.5. The fourth-order valence-electron chi connectivity index (χ4n) is 11.1. The van der Waals surface area contributed by atoms with Gasteiger partial charge >= 0.3 is 0 Å². The van der Waals surface area contributed by atoms with E-state index in [1.807, 2.05) is 197 Å². The number of carbonyl (C=O) groups excluding carboxylic acids is 3. The van der Waals surface area contributed by atoms with Gasteiger partial charge in [-0.05, 0) is 210 Å². The predicted molar refractivity (Wildman–Crippen MR) is 591 cm³/mol. The maximum absolute atomic E-state index is 10.9. The lowest BCUT2D eigenvalue weighted by Crippen LogP contribution is -2.45. The second kappa shape index (κ2) is 113. The summed E-state index contributed by atoms with van der Waals surface area (Å²) < 4.78 is 0. The fourth-order valence-corrected chi connectivity index (χ4v) is 11.1. The van der Waals surface area contributed by atoms with E-state index in [1.165, 1.54) is 84.0 Å². The quantitative estimate of drug-likeness (QED) is 0.0252. The Morgan fingerprint density at radius 3 is 0.871 bits per heavy atom. The summed E-state index contributed by atoms with van der Waals surface area (Å²) in [6, 6.07) is 0.753. The number of hydrogen-bond donors (Lipinski definition) is 14. The van der Waals surface area contributed by atoms with E-state index in [2.05, 4.69) is 189 Å². The minimum absolute atomic E-state index is 0.0770. The van der Waals surface area contributed by atoms with Gasteiger partial charge < -0.3 is 83.2 Å². The average Bonchev–Trinajstić information content (AvgIpc) is 0.928. The zero-order valence-corrected chi connectivity index (χ0v) is 99.5. The Bertz CT molecular complexity index is 2170. The zero-order valence-electron chi connectivity index (χ0n) is 99.5. The van der Waals surface area contributed by atoms with Crippen LogP contribution in [0, 0.1) is 101 Å². The van der Waals surface area contributed by atoms with Gasteiger partial charge in [-0.3, -0.25) is 14.4 Å². The molecular weight excluding hydrogens is 1650 g/mol. The van der Waals surface area contributed by atoms with Crippen LogP contribution in [-0.2, 0) is 14.4 Å². The molecule has 0 amide bonds. The highest BCUT2D eigenvalue weighted by molar-refractivity contribution is 5.82. The first-order chi connectivity index (χ1) is 60.3. The van der Waals surface area contributed by atoms with Gasteiger partial charge in [-0.15, -0.1) is 0 Å². The molecule has 0 saturated carbocycles. The standard InChI is InChI=1S/C10H23NO.C10H22O.C9H20O.C9H20.C8H19NO.C7H17NO.C7H15NO.C7H17NO.C7H15NO.C7H16O.C7H14O.C7H16.C6H15NO.C6H14O.C6H14/c1-6-9(11-8(4)5)10(12)7(2)3;1-4-5-6-7-8-10(11)9(2)3;1-7(2)5-6-9(10)8(3)4;1-5-6-7-9(4)8(2)3;1-5-9-7(4)8(10)6(2)3;2*1-6(2)7(9)5-8(3)4;1-5(2)7(9)6(3)8-4;1-5(2)4-7(8)6(3)9;2*1-4-5-7(8)6(2)3;1-4-5-6-7(2)3;1-4(2)6(8)5(3)7;1-4-6(7)5(2)3;1-4-5-6(2)3/h7-12H,6H2,1-5H3;9-11H,4-8H2,1-3H3;7-10H,5-6H2,1-4H3;8-9H,5-7H2,1-4H3;6-10H,5H2,1-4H3;6-7,9H,5H2,1-4H3;6H,5H2,1-4H3;5-9H,1-4H3;5,7H,4,8H2,1-3H3;6-8H,4-5H2,1-3H3;6H,4-5H2,1-3H3;7H,4-6H2,1-3H3;4-6,8H,7H2,1-3H3;5-7H,4H2,1-3H3;6H,4-5H2,1-3H3/t;;;;;;;;7-;;;;5-,6?;;/m........0...0../s1. The summed E-state index contributed by atoms with van der Waals surface area (Å²) in [5.41, 5.74) is 10.9. The van der Waals surface area contributed by atoms with E-state index in [4.69, 9.17) is 26.8 Å². The number of nitrogens with zero attached hydrogens (tertiary/aromatic N) is 2. The first-order valence-electron chi connectivity index (χ1n) is 54.0. The van der Waals surface area contributed by atoms with Crippen molar-refractivity contribution in [1.82, 2.24) is 25.8 Å². The zero-order chi connectivity index (χ0) is 108. The number of aliphatic hydroxyl groups excluding tert-OH is 9. The van der Waals surface area contributed by atoms with Crippen LogP contribution in [0.25, 0.3) is 0 Å². The minimum Gasteiger partial charge on any atom is -0.393 e. The molecule has 16 N–H and O–H groups in total. The Morgan fingerprint density at radius 2 is 0.689 bits per heavy atom. The summed E-state index contributed by atoms with van der Waals surface area (Å²) in [6.45, 7) is 102. The average molecular weight is 1910 g/mol. The van der Waals surface area contributed by atoms with Gasteiger partial charge in [0.1, 0.15) is 17.3 Å². The van der Waals surface area contributed by atoms with Crippen LogP contribution in [0.15, 0.2) is 0 Å². The second-order valence-electron chi connectivity index (χ2n) is 44.1. The van der Waals surface area contributed by atoms with Gasteiger partial charge in [0.2, 0.25) is 0 Å². The number of unbranched alkanes of at least 4 members (excludes halogenated alkanes) is 5. The molecule has 15 atom stereocenters. The number of likely N-dealkylation sites (N-methyl/N-ethyl adjacent to an activating group) is 4. The molecular formula is C113H257N7O12. The molecule has 0 spiro atoms. The molecule has 0 aromatic rings.